The third kappa shape index (κ3) is 4.87. The molecule has 1 fully saturated rings. The lowest BCUT2D eigenvalue weighted by atomic mass is 9.93. The van der Waals surface area contributed by atoms with Crippen LogP contribution in [0.1, 0.15) is 35.2 Å². The number of carbonyl (C=O) groups excluding carboxylic acids is 1. The van der Waals surface area contributed by atoms with Crippen molar-refractivity contribution in [3.05, 3.63) is 51.6 Å². The molecule has 8 heteroatoms. The normalized spacial score (nSPS) is 14.9. The molecule has 150 valence electrons. The lowest BCUT2D eigenvalue weighted by Gasteiger charge is -2.31. The number of benzene rings is 1. The van der Waals surface area contributed by atoms with Crippen LogP contribution in [0.2, 0.25) is 10.0 Å². The number of rotatable bonds is 6. The molecule has 0 aliphatic carbocycles. The zero-order valence-electron chi connectivity index (χ0n) is 15.4. The zero-order valence-corrected chi connectivity index (χ0v) is 16.9. The van der Waals surface area contributed by atoms with Gasteiger partial charge in [0.1, 0.15) is 6.61 Å². The van der Waals surface area contributed by atoms with E-state index in [2.05, 4.69) is 4.98 Å². The number of amides is 1. The number of halogens is 2. The smallest absolute Gasteiger partial charge is 0.255 e. The Bertz CT molecular complexity index is 819. The Balaban J connectivity index is 1.68. The van der Waals surface area contributed by atoms with Gasteiger partial charge in [0.05, 0.1) is 5.56 Å². The Hall–Kier alpha value is -2.02. The van der Waals surface area contributed by atoms with Crippen LogP contribution in [0, 0.1) is 5.92 Å². The van der Waals surface area contributed by atoms with Crippen LogP contribution in [-0.4, -0.2) is 40.6 Å². The molecule has 3 N–H and O–H groups in total. The maximum absolute atomic E-state index is 12.8. The summed E-state index contributed by atoms with van der Waals surface area (Å²) in [7, 11) is 0. The molecule has 1 aliphatic heterocycles. The summed E-state index contributed by atoms with van der Waals surface area (Å²) in [6.07, 6.45) is 4.03. The van der Waals surface area contributed by atoms with E-state index in [1.807, 2.05) is 0 Å². The molecular formula is C20H23Cl2N3O3. The number of carbonyl (C=O) groups is 1. The molecule has 0 atom stereocenters. The van der Waals surface area contributed by atoms with Crippen molar-refractivity contribution >= 4 is 34.9 Å². The highest BCUT2D eigenvalue weighted by molar-refractivity contribution is 6.35. The van der Waals surface area contributed by atoms with E-state index in [0.717, 1.165) is 19.3 Å². The summed E-state index contributed by atoms with van der Waals surface area (Å²) in [5.41, 5.74) is 6.98. The fourth-order valence-corrected chi connectivity index (χ4v) is 3.80. The number of nitrogen functional groups attached to an aromatic ring is 1. The van der Waals surface area contributed by atoms with Crippen molar-refractivity contribution in [1.29, 1.82) is 0 Å². The third-order valence-electron chi connectivity index (χ3n) is 5.00. The number of nitrogens with two attached hydrogens (primary N) is 1. The minimum Gasteiger partial charge on any atom is -0.485 e. The summed E-state index contributed by atoms with van der Waals surface area (Å²) in [6, 6.07) is 6.82. The van der Waals surface area contributed by atoms with Crippen LogP contribution in [0.25, 0.3) is 0 Å². The molecule has 1 amide bonds. The van der Waals surface area contributed by atoms with Crippen molar-refractivity contribution in [2.24, 2.45) is 5.92 Å². The van der Waals surface area contributed by atoms with Crippen molar-refractivity contribution in [3.8, 4) is 5.75 Å². The van der Waals surface area contributed by atoms with Gasteiger partial charge >= 0.3 is 0 Å². The van der Waals surface area contributed by atoms with Crippen molar-refractivity contribution in [2.75, 3.05) is 25.4 Å². The molecule has 0 unspecified atom stereocenters. The maximum atomic E-state index is 12.8. The average molecular weight is 424 g/mol. The first-order chi connectivity index (χ1) is 13.5. The van der Waals surface area contributed by atoms with Gasteiger partial charge in [-0.15, -0.1) is 0 Å². The summed E-state index contributed by atoms with van der Waals surface area (Å²) < 4.78 is 5.76. The Kier molecular flexibility index (Phi) is 6.99. The predicted octanol–water partition coefficient (Wildman–Crippen LogP) is 3.78. The number of nitrogens with zero attached hydrogens (tertiary/aromatic N) is 2. The van der Waals surface area contributed by atoms with E-state index in [4.69, 9.17) is 38.8 Å². The fourth-order valence-electron chi connectivity index (χ4n) is 3.30. The van der Waals surface area contributed by atoms with Gasteiger partial charge in [-0.1, -0.05) is 29.3 Å². The second kappa shape index (κ2) is 9.45. The van der Waals surface area contributed by atoms with Gasteiger partial charge in [0.15, 0.2) is 11.6 Å². The average Bonchev–Trinajstić information content (AvgIpc) is 2.69. The summed E-state index contributed by atoms with van der Waals surface area (Å²) in [4.78, 5) is 18.7. The van der Waals surface area contributed by atoms with Gasteiger partial charge in [-0.3, -0.25) is 4.79 Å². The standard InChI is InChI=1S/C20H23Cl2N3O3/c21-16-2-1-3-17(22)15(16)12-28-18-10-14(11-24-19(18)23)20(27)25-7-4-13(5-8-25)6-9-26/h1-3,10-11,13,26H,4-9,12H2,(H2,23,24). The van der Waals surface area contributed by atoms with E-state index < -0.39 is 0 Å². The highest BCUT2D eigenvalue weighted by atomic mass is 35.5. The lowest BCUT2D eigenvalue weighted by molar-refractivity contribution is 0.0677. The minimum absolute atomic E-state index is 0.101. The minimum atomic E-state index is -0.101. The summed E-state index contributed by atoms with van der Waals surface area (Å²) in [6.45, 7) is 1.64. The molecular weight excluding hydrogens is 401 g/mol. The van der Waals surface area contributed by atoms with E-state index in [9.17, 15) is 4.79 Å². The van der Waals surface area contributed by atoms with Gasteiger partial charge in [-0.05, 0) is 43.4 Å². The molecule has 0 radical (unpaired) electrons. The van der Waals surface area contributed by atoms with Gasteiger partial charge < -0.3 is 20.5 Å². The second-order valence-electron chi connectivity index (χ2n) is 6.84. The van der Waals surface area contributed by atoms with Gasteiger partial charge in [0, 0.05) is 41.5 Å². The van der Waals surface area contributed by atoms with E-state index in [-0.39, 0.29) is 24.9 Å². The summed E-state index contributed by atoms with van der Waals surface area (Å²) in [5, 5.41) is 10.1. The van der Waals surface area contributed by atoms with Crippen molar-refractivity contribution in [3.63, 3.8) is 0 Å². The molecule has 2 heterocycles. The van der Waals surface area contributed by atoms with E-state index >= 15 is 0 Å². The van der Waals surface area contributed by atoms with Gasteiger partial charge in [0.25, 0.3) is 5.91 Å². The lowest BCUT2D eigenvalue weighted by Crippen LogP contribution is -2.38. The maximum Gasteiger partial charge on any atom is 0.255 e. The molecule has 0 spiro atoms. The van der Waals surface area contributed by atoms with Gasteiger partial charge in [0.2, 0.25) is 0 Å². The van der Waals surface area contributed by atoms with Crippen molar-refractivity contribution in [2.45, 2.75) is 25.9 Å². The first-order valence-electron chi connectivity index (χ1n) is 9.21. The number of hydrogen-bond acceptors (Lipinski definition) is 5. The van der Waals surface area contributed by atoms with Crippen LogP contribution in [0.15, 0.2) is 30.5 Å². The van der Waals surface area contributed by atoms with Crippen molar-refractivity contribution < 1.29 is 14.6 Å². The quantitative estimate of drug-likeness (QED) is 0.737. The number of aromatic nitrogens is 1. The molecule has 1 aromatic carbocycles. The highest BCUT2D eigenvalue weighted by Gasteiger charge is 2.24. The fraction of sp³-hybridized carbons (Fsp3) is 0.400. The molecule has 1 aliphatic rings. The number of piperidine rings is 1. The van der Waals surface area contributed by atoms with Gasteiger partial charge in [-0.2, -0.15) is 0 Å². The van der Waals surface area contributed by atoms with E-state index in [0.29, 0.717) is 45.9 Å². The van der Waals surface area contributed by atoms with Crippen LogP contribution in [0.5, 0.6) is 5.75 Å². The SMILES string of the molecule is Nc1ncc(C(=O)N2CCC(CCO)CC2)cc1OCc1c(Cl)cccc1Cl. The number of aliphatic hydroxyl groups excluding tert-OH is 1. The number of aliphatic hydroxyl groups is 1. The molecule has 0 bridgehead atoms. The van der Waals surface area contributed by atoms with Crippen LogP contribution in [-0.2, 0) is 6.61 Å². The summed E-state index contributed by atoms with van der Waals surface area (Å²) >= 11 is 12.3. The largest absolute Gasteiger partial charge is 0.485 e. The molecule has 3 rings (SSSR count). The summed E-state index contributed by atoms with van der Waals surface area (Å²) in [5.74, 6) is 0.881. The molecule has 0 saturated carbocycles. The monoisotopic (exact) mass is 423 g/mol. The Morgan fingerprint density at radius 1 is 1.29 bits per heavy atom. The number of hydrogen-bond donors (Lipinski definition) is 2. The number of likely N-dealkylation sites (tertiary alicyclic amines) is 1. The second-order valence-corrected chi connectivity index (χ2v) is 7.66. The van der Waals surface area contributed by atoms with Crippen molar-refractivity contribution in [1.82, 2.24) is 9.88 Å². The first kappa shape index (κ1) is 20.7. The van der Waals surface area contributed by atoms with E-state index in [1.54, 1.807) is 29.2 Å². The first-order valence-corrected chi connectivity index (χ1v) is 9.96. The highest BCUT2D eigenvalue weighted by Crippen LogP contribution is 2.28. The number of anilines is 1. The number of pyridine rings is 1. The Morgan fingerprint density at radius 3 is 2.61 bits per heavy atom. The van der Waals surface area contributed by atoms with Crippen LogP contribution < -0.4 is 10.5 Å². The van der Waals surface area contributed by atoms with Crippen LogP contribution in [0.3, 0.4) is 0 Å². The van der Waals surface area contributed by atoms with E-state index in [1.165, 1.54) is 6.20 Å². The van der Waals surface area contributed by atoms with Gasteiger partial charge in [-0.25, -0.2) is 4.98 Å². The molecule has 28 heavy (non-hydrogen) atoms. The zero-order chi connectivity index (χ0) is 20.1. The Morgan fingerprint density at radius 2 is 1.96 bits per heavy atom. The number of ether oxygens (including phenoxy) is 1. The molecule has 1 saturated heterocycles. The molecule has 6 nitrogen and oxygen atoms in total. The molecule has 2 aromatic rings. The van der Waals surface area contributed by atoms with Crippen LogP contribution in [0.4, 0.5) is 5.82 Å². The topological polar surface area (TPSA) is 88.7 Å². The molecule has 1 aromatic heterocycles. The predicted molar refractivity (Wildman–Crippen MR) is 110 cm³/mol. The third-order valence-corrected chi connectivity index (χ3v) is 5.71. The van der Waals surface area contributed by atoms with Crippen LogP contribution >= 0.6 is 23.2 Å². The Labute approximate surface area is 174 Å².